The molecular weight excluding hydrogens is 244 g/mol. The Kier molecular flexibility index (Phi) is 4.90. The molecule has 1 amide bonds. The van der Waals surface area contributed by atoms with E-state index in [0.29, 0.717) is 26.4 Å². The average molecular weight is 264 g/mol. The van der Waals surface area contributed by atoms with Gasteiger partial charge in [0.25, 0.3) is 0 Å². The van der Waals surface area contributed by atoms with Crippen LogP contribution in [-0.2, 0) is 20.9 Å². The molecule has 5 heteroatoms. The fourth-order valence-corrected chi connectivity index (χ4v) is 2.05. The van der Waals surface area contributed by atoms with Gasteiger partial charge in [-0.3, -0.25) is 4.79 Å². The fourth-order valence-electron chi connectivity index (χ4n) is 2.05. The third-order valence-electron chi connectivity index (χ3n) is 3.20. The molecule has 1 aliphatic heterocycles. The molecule has 1 fully saturated rings. The molecule has 1 aromatic carbocycles. The van der Waals surface area contributed by atoms with E-state index in [9.17, 15) is 4.79 Å². The number of carbonyl (C=O) groups is 1. The molecule has 0 bridgehead atoms. The van der Waals surface area contributed by atoms with Crippen molar-refractivity contribution in [2.75, 3.05) is 25.1 Å². The quantitative estimate of drug-likeness (QED) is 0.836. The Morgan fingerprint density at radius 1 is 1.47 bits per heavy atom. The van der Waals surface area contributed by atoms with E-state index in [-0.39, 0.29) is 17.9 Å². The van der Waals surface area contributed by atoms with Crippen LogP contribution in [0.4, 0.5) is 5.69 Å². The predicted molar refractivity (Wildman–Crippen MR) is 72.7 cm³/mol. The Balaban J connectivity index is 2.03. The first kappa shape index (κ1) is 14.0. The number of rotatable bonds is 5. The van der Waals surface area contributed by atoms with Gasteiger partial charge in [-0.1, -0.05) is 18.2 Å². The molecule has 1 heterocycles. The summed E-state index contributed by atoms with van der Waals surface area (Å²) in [7, 11) is 0. The second-order valence-corrected chi connectivity index (χ2v) is 4.59. The lowest BCUT2D eigenvalue weighted by Crippen LogP contribution is -2.37. The van der Waals surface area contributed by atoms with Gasteiger partial charge in [-0.05, 0) is 13.0 Å². The molecule has 104 valence electrons. The zero-order valence-electron chi connectivity index (χ0n) is 11.1. The van der Waals surface area contributed by atoms with Crippen molar-refractivity contribution in [3.05, 3.63) is 29.8 Å². The van der Waals surface area contributed by atoms with Gasteiger partial charge in [0.15, 0.2) is 0 Å². The number of amides is 1. The summed E-state index contributed by atoms with van der Waals surface area (Å²) < 4.78 is 10.6. The molecule has 1 aliphatic rings. The van der Waals surface area contributed by atoms with Gasteiger partial charge < -0.3 is 20.5 Å². The molecule has 0 aromatic heterocycles. The normalized spacial score (nSPS) is 22.4. The highest BCUT2D eigenvalue weighted by Gasteiger charge is 2.31. The zero-order valence-corrected chi connectivity index (χ0v) is 11.1. The maximum atomic E-state index is 12.1. The largest absolute Gasteiger partial charge is 0.379 e. The van der Waals surface area contributed by atoms with Crippen molar-refractivity contribution in [2.24, 2.45) is 11.7 Å². The highest BCUT2D eigenvalue weighted by atomic mass is 16.5. The van der Waals surface area contributed by atoms with Crippen LogP contribution in [0.1, 0.15) is 12.5 Å². The smallest absolute Gasteiger partial charge is 0.231 e. The van der Waals surface area contributed by atoms with Crippen LogP contribution >= 0.6 is 0 Å². The summed E-state index contributed by atoms with van der Waals surface area (Å²) in [5.74, 6) is -0.367. The fraction of sp³-hybridized carbons (Fsp3) is 0.500. The first-order valence-corrected chi connectivity index (χ1v) is 6.52. The number of nitrogens with two attached hydrogens (primary N) is 1. The molecule has 19 heavy (non-hydrogen) atoms. The van der Waals surface area contributed by atoms with E-state index in [1.165, 1.54) is 0 Å². The van der Waals surface area contributed by atoms with Crippen LogP contribution < -0.4 is 11.1 Å². The highest BCUT2D eigenvalue weighted by molar-refractivity contribution is 5.94. The number of benzene rings is 1. The molecule has 0 radical (unpaired) electrons. The van der Waals surface area contributed by atoms with E-state index >= 15 is 0 Å². The average Bonchev–Trinajstić information content (AvgIpc) is 2.84. The molecule has 3 N–H and O–H groups in total. The number of hydrogen-bond donors (Lipinski definition) is 2. The van der Waals surface area contributed by atoms with Gasteiger partial charge in [0.1, 0.15) is 0 Å². The molecular formula is C14H20N2O3. The summed E-state index contributed by atoms with van der Waals surface area (Å²) in [6.07, 6.45) is 0. The lowest BCUT2D eigenvalue weighted by molar-refractivity contribution is -0.120. The molecule has 2 atom stereocenters. The second-order valence-electron chi connectivity index (χ2n) is 4.59. The number of ether oxygens (including phenoxy) is 2. The summed E-state index contributed by atoms with van der Waals surface area (Å²) in [5.41, 5.74) is 7.58. The third-order valence-corrected chi connectivity index (χ3v) is 3.20. The van der Waals surface area contributed by atoms with Crippen molar-refractivity contribution in [2.45, 2.75) is 19.6 Å². The van der Waals surface area contributed by atoms with E-state index in [2.05, 4.69) is 5.32 Å². The van der Waals surface area contributed by atoms with E-state index in [1.54, 1.807) is 0 Å². The van der Waals surface area contributed by atoms with E-state index in [4.69, 9.17) is 15.2 Å². The maximum Gasteiger partial charge on any atom is 0.231 e. The van der Waals surface area contributed by atoms with Crippen molar-refractivity contribution >= 4 is 11.6 Å². The van der Waals surface area contributed by atoms with Crippen LogP contribution in [0.3, 0.4) is 0 Å². The minimum absolute atomic E-state index is 0.0889. The summed E-state index contributed by atoms with van der Waals surface area (Å²) >= 11 is 0. The second kappa shape index (κ2) is 6.65. The Hall–Kier alpha value is -1.43. The Morgan fingerprint density at radius 2 is 2.26 bits per heavy atom. The van der Waals surface area contributed by atoms with Gasteiger partial charge in [-0.2, -0.15) is 0 Å². The number of anilines is 1. The molecule has 0 saturated carbocycles. The predicted octanol–water partition coefficient (Wildman–Crippen LogP) is 1.14. The van der Waals surface area contributed by atoms with Crippen LogP contribution in [0.25, 0.3) is 0 Å². The van der Waals surface area contributed by atoms with Crippen LogP contribution in [0.15, 0.2) is 24.3 Å². The lowest BCUT2D eigenvalue weighted by atomic mass is 10.0. The minimum atomic E-state index is -0.278. The van der Waals surface area contributed by atoms with Crippen LogP contribution in [-0.4, -0.2) is 31.8 Å². The van der Waals surface area contributed by atoms with Gasteiger partial charge in [-0.15, -0.1) is 0 Å². The first-order chi connectivity index (χ1) is 9.22. The molecule has 0 spiro atoms. The maximum absolute atomic E-state index is 12.1. The Labute approximate surface area is 113 Å². The standard InChI is InChI=1S/C14H20N2O3/c1-2-18-7-10-5-3-4-6-13(10)16-14(17)11-8-19-9-12(11)15/h3-6,11-12H,2,7-9,15H2,1H3,(H,16,17). The monoisotopic (exact) mass is 264 g/mol. The van der Waals surface area contributed by atoms with Crippen molar-refractivity contribution in [3.8, 4) is 0 Å². The van der Waals surface area contributed by atoms with Gasteiger partial charge in [0.2, 0.25) is 5.91 Å². The summed E-state index contributed by atoms with van der Waals surface area (Å²) in [6.45, 7) is 3.90. The summed E-state index contributed by atoms with van der Waals surface area (Å²) in [6, 6.07) is 7.40. The molecule has 1 saturated heterocycles. The molecule has 0 aliphatic carbocycles. The van der Waals surface area contributed by atoms with Crippen LogP contribution in [0.5, 0.6) is 0 Å². The number of para-hydroxylation sites is 1. The van der Waals surface area contributed by atoms with E-state index in [1.807, 2.05) is 31.2 Å². The van der Waals surface area contributed by atoms with Gasteiger partial charge in [0, 0.05) is 23.9 Å². The van der Waals surface area contributed by atoms with Gasteiger partial charge in [-0.25, -0.2) is 0 Å². The molecule has 5 nitrogen and oxygen atoms in total. The SMILES string of the molecule is CCOCc1ccccc1NC(=O)C1COCC1N. The Morgan fingerprint density at radius 3 is 2.95 bits per heavy atom. The van der Waals surface area contributed by atoms with E-state index in [0.717, 1.165) is 11.3 Å². The highest BCUT2D eigenvalue weighted by Crippen LogP contribution is 2.19. The zero-order chi connectivity index (χ0) is 13.7. The number of nitrogens with one attached hydrogen (secondary N) is 1. The third kappa shape index (κ3) is 3.53. The molecule has 2 unspecified atom stereocenters. The minimum Gasteiger partial charge on any atom is -0.379 e. The Bertz CT molecular complexity index is 436. The summed E-state index contributed by atoms with van der Waals surface area (Å²) in [4.78, 5) is 12.1. The topological polar surface area (TPSA) is 73.6 Å². The number of hydrogen-bond acceptors (Lipinski definition) is 4. The molecule has 1 aromatic rings. The molecule has 2 rings (SSSR count). The lowest BCUT2D eigenvalue weighted by Gasteiger charge is -2.15. The van der Waals surface area contributed by atoms with E-state index < -0.39 is 0 Å². The van der Waals surface area contributed by atoms with Gasteiger partial charge >= 0.3 is 0 Å². The number of carbonyl (C=O) groups excluding carboxylic acids is 1. The van der Waals surface area contributed by atoms with Crippen LogP contribution in [0.2, 0.25) is 0 Å². The van der Waals surface area contributed by atoms with Crippen molar-refractivity contribution in [1.29, 1.82) is 0 Å². The first-order valence-electron chi connectivity index (χ1n) is 6.52. The van der Waals surface area contributed by atoms with Crippen molar-refractivity contribution in [1.82, 2.24) is 0 Å². The van der Waals surface area contributed by atoms with Crippen molar-refractivity contribution in [3.63, 3.8) is 0 Å². The van der Waals surface area contributed by atoms with Gasteiger partial charge in [0.05, 0.1) is 25.7 Å². The summed E-state index contributed by atoms with van der Waals surface area (Å²) in [5, 5.41) is 2.91. The van der Waals surface area contributed by atoms with Crippen LogP contribution in [0, 0.1) is 5.92 Å². The van der Waals surface area contributed by atoms with Crippen molar-refractivity contribution < 1.29 is 14.3 Å².